The Balaban J connectivity index is 2.16. The average molecular weight is 277 g/mol. The molecule has 0 radical (unpaired) electrons. The number of nitrogens with zero attached hydrogens (tertiary/aromatic N) is 2. The topological polar surface area (TPSA) is 38.9 Å². The second-order valence-corrected chi connectivity index (χ2v) is 4.46. The van der Waals surface area contributed by atoms with Crippen LogP contribution in [0, 0.1) is 5.82 Å². The number of aryl methyl sites for hydroxylation is 1. The Morgan fingerprint density at radius 2 is 1.84 bits per heavy atom. The van der Waals surface area contributed by atoms with Gasteiger partial charge in [0.15, 0.2) is 0 Å². The maximum absolute atomic E-state index is 13.7. The van der Waals surface area contributed by atoms with E-state index in [2.05, 4.69) is 10.2 Å². The molecule has 0 spiro atoms. The standard InChI is InChI=1S/C14H10ClFN2O/c15-8-7-13-17-18-14(19-13)11-5-6-12(16)10-4-2-1-3-9(10)11/h1-6H,7-8H2. The fourth-order valence-corrected chi connectivity index (χ4v) is 2.15. The number of halogens is 2. The molecule has 0 atom stereocenters. The van der Waals surface area contributed by atoms with E-state index in [1.807, 2.05) is 12.1 Å². The monoisotopic (exact) mass is 276 g/mol. The highest BCUT2D eigenvalue weighted by molar-refractivity contribution is 6.17. The van der Waals surface area contributed by atoms with Crippen molar-refractivity contribution >= 4 is 22.4 Å². The predicted molar refractivity (Wildman–Crippen MR) is 71.6 cm³/mol. The molecule has 0 saturated heterocycles. The zero-order valence-electron chi connectivity index (χ0n) is 9.94. The van der Waals surface area contributed by atoms with Crippen LogP contribution in [-0.2, 0) is 6.42 Å². The minimum atomic E-state index is -0.264. The van der Waals surface area contributed by atoms with E-state index in [-0.39, 0.29) is 5.82 Å². The molecule has 0 fully saturated rings. The van der Waals surface area contributed by atoms with E-state index in [9.17, 15) is 4.39 Å². The second-order valence-electron chi connectivity index (χ2n) is 4.08. The molecule has 0 amide bonds. The summed E-state index contributed by atoms with van der Waals surface area (Å²) in [5.41, 5.74) is 0.727. The van der Waals surface area contributed by atoms with Gasteiger partial charge in [0.05, 0.1) is 0 Å². The van der Waals surface area contributed by atoms with E-state index in [1.165, 1.54) is 6.07 Å². The largest absolute Gasteiger partial charge is 0.421 e. The first kappa shape index (κ1) is 12.1. The Morgan fingerprint density at radius 1 is 1.05 bits per heavy atom. The van der Waals surface area contributed by atoms with Crippen molar-refractivity contribution < 1.29 is 8.81 Å². The van der Waals surface area contributed by atoms with Crippen molar-refractivity contribution in [2.24, 2.45) is 0 Å². The lowest BCUT2D eigenvalue weighted by atomic mass is 10.0. The van der Waals surface area contributed by atoms with Crippen LogP contribution in [0.15, 0.2) is 40.8 Å². The lowest BCUT2D eigenvalue weighted by Crippen LogP contribution is -1.85. The molecule has 0 saturated carbocycles. The van der Waals surface area contributed by atoms with Gasteiger partial charge in [0.1, 0.15) is 5.82 Å². The molecule has 5 heteroatoms. The number of aromatic nitrogens is 2. The van der Waals surface area contributed by atoms with Gasteiger partial charge in [0, 0.05) is 23.3 Å². The van der Waals surface area contributed by atoms with Crippen LogP contribution < -0.4 is 0 Å². The molecule has 0 N–H and O–H groups in total. The van der Waals surface area contributed by atoms with E-state index in [4.69, 9.17) is 16.0 Å². The molecule has 3 rings (SSSR count). The molecule has 2 aromatic carbocycles. The number of fused-ring (bicyclic) bond motifs is 1. The van der Waals surface area contributed by atoms with Gasteiger partial charge in [0.2, 0.25) is 11.8 Å². The predicted octanol–water partition coefficient (Wildman–Crippen LogP) is 3.81. The summed E-state index contributed by atoms with van der Waals surface area (Å²) in [5, 5.41) is 9.20. The van der Waals surface area contributed by atoms with Crippen molar-refractivity contribution in [2.45, 2.75) is 6.42 Å². The third kappa shape index (κ3) is 2.19. The quantitative estimate of drug-likeness (QED) is 0.683. The molecule has 0 aliphatic heterocycles. The Kier molecular flexibility index (Phi) is 3.17. The highest BCUT2D eigenvalue weighted by atomic mass is 35.5. The molecule has 0 bridgehead atoms. The molecule has 96 valence electrons. The maximum atomic E-state index is 13.7. The Labute approximate surface area is 114 Å². The fourth-order valence-electron chi connectivity index (χ4n) is 1.99. The molecule has 3 aromatic rings. The molecule has 0 unspecified atom stereocenters. The summed E-state index contributed by atoms with van der Waals surface area (Å²) >= 11 is 5.63. The average Bonchev–Trinajstić information content (AvgIpc) is 2.88. The Hall–Kier alpha value is -1.94. The van der Waals surface area contributed by atoms with Gasteiger partial charge in [-0.25, -0.2) is 4.39 Å². The van der Waals surface area contributed by atoms with Gasteiger partial charge in [-0.1, -0.05) is 24.3 Å². The summed E-state index contributed by atoms with van der Waals surface area (Å²) in [6, 6.07) is 10.3. The van der Waals surface area contributed by atoms with Crippen LogP contribution in [0.4, 0.5) is 4.39 Å². The number of alkyl halides is 1. The third-order valence-corrected chi connectivity index (χ3v) is 3.07. The number of benzene rings is 2. The number of rotatable bonds is 3. The smallest absolute Gasteiger partial charge is 0.248 e. The molecule has 19 heavy (non-hydrogen) atoms. The van der Waals surface area contributed by atoms with Crippen LogP contribution in [0.1, 0.15) is 5.89 Å². The van der Waals surface area contributed by atoms with Crippen molar-refractivity contribution in [2.75, 3.05) is 5.88 Å². The minimum absolute atomic E-state index is 0.264. The maximum Gasteiger partial charge on any atom is 0.248 e. The van der Waals surface area contributed by atoms with Crippen molar-refractivity contribution in [3.8, 4) is 11.5 Å². The molecule has 0 aliphatic rings. The first-order valence-electron chi connectivity index (χ1n) is 5.85. The summed E-state index contributed by atoms with van der Waals surface area (Å²) in [6.45, 7) is 0. The molecule has 3 nitrogen and oxygen atoms in total. The van der Waals surface area contributed by atoms with Crippen molar-refractivity contribution in [3.63, 3.8) is 0 Å². The van der Waals surface area contributed by atoms with Crippen LogP contribution in [-0.4, -0.2) is 16.1 Å². The normalized spacial score (nSPS) is 11.1. The Morgan fingerprint density at radius 3 is 2.63 bits per heavy atom. The lowest BCUT2D eigenvalue weighted by molar-refractivity contribution is 0.514. The van der Waals surface area contributed by atoms with Crippen molar-refractivity contribution in [3.05, 3.63) is 48.1 Å². The highest BCUT2D eigenvalue weighted by Gasteiger charge is 2.13. The van der Waals surface area contributed by atoms with Crippen LogP contribution >= 0.6 is 11.6 Å². The van der Waals surface area contributed by atoms with Crippen LogP contribution in [0.5, 0.6) is 0 Å². The number of hydrogen-bond donors (Lipinski definition) is 0. The van der Waals surface area contributed by atoms with Crippen LogP contribution in [0.3, 0.4) is 0 Å². The Bertz CT molecular complexity index is 726. The van der Waals surface area contributed by atoms with Crippen molar-refractivity contribution in [1.82, 2.24) is 10.2 Å². The van der Waals surface area contributed by atoms with E-state index in [0.717, 1.165) is 10.9 Å². The summed E-state index contributed by atoms with van der Waals surface area (Å²) in [6.07, 6.45) is 0.522. The molecule has 0 aliphatic carbocycles. The van der Waals surface area contributed by atoms with Crippen LogP contribution in [0.2, 0.25) is 0 Å². The molecule has 1 aromatic heterocycles. The van der Waals surface area contributed by atoms with Gasteiger partial charge in [-0.15, -0.1) is 21.8 Å². The minimum Gasteiger partial charge on any atom is -0.421 e. The molecule has 1 heterocycles. The summed E-state index contributed by atoms with van der Waals surface area (Å²) in [4.78, 5) is 0. The van der Waals surface area contributed by atoms with E-state index in [1.54, 1.807) is 18.2 Å². The van der Waals surface area contributed by atoms with Crippen LogP contribution in [0.25, 0.3) is 22.2 Å². The van der Waals surface area contributed by atoms with Gasteiger partial charge >= 0.3 is 0 Å². The lowest BCUT2D eigenvalue weighted by Gasteiger charge is -2.03. The summed E-state index contributed by atoms with van der Waals surface area (Å²) in [7, 11) is 0. The summed E-state index contributed by atoms with van der Waals surface area (Å²) in [5.74, 6) is 1.03. The molecular formula is C14H10ClFN2O. The SMILES string of the molecule is Fc1ccc(-c2nnc(CCCl)o2)c2ccccc12. The zero-order chi connectivity index (χ0) is 13.2. The van der Waals surface area contributed by atoms with Gasteiger partial charge in [-0.2, -0.15) is 0 Å². The number of hydrogen-bond acceptors (Lipinski definition) is 3. The van der Waals surface area contributed by atoms with Crippen molar-refractivity contribution in [1.29, 1.82) is 0 Å². The van der Waals surface area contributed by atoms with Gasteiger partial charge in [-0.3, -0.25) is 0 Å². The molecular weight excluding hydrogens is 267 g/mol. The van der Waals surface area contributed by atoms with E-state index >= 15 is 0 Å². The highest BCUT2D eigenvalue weighted by Crippen LogP contribution is 2.29. The van der Waals surface area contributed by atoms with E-state index in [0.29, 0.717) is 29.5 Å². The third-order valence-electron chi connectivity index (χ3n) is 2.88. The van der Waals surface area contributed by atoms with E-state index < -0.39 is 0 Å². The van der Waals surface area contributed by atoms with Gasteiger partial charge < -0.3 is 4.42 Å². The summed E-state index contributed by atoms with van der Waals surface area (Å²) < 4.78 is 19.3. The zero-order valence-corrected chi connectivity index (χ0v) is 10.7. The fraction of sp³-hybridized carbons (Fsp3) is 0.143. The van der Waals surface area contributed by atoms with Gasteiger partial charge in [-0.05, 0) is 17.5 Å². The second kappa shape index (κ2) is 4.97. The first-order valence-corrected chi connectivity index (χ1v) is 6.39. The first-order chi connectivity index (χ1) is 9.29. The van der Waals surface area contributed by atoms with Gasteiger partial charge in [0.25, 0.3) is 0 Å².